The molecule has 110 valence electrons. The number of hydrogen-bond donors (Lipinski definition) is 1. The van der Waals surface area contributed by atoms with Crippen LogP contribution in [0.1, 0.15) is 23.6 Å². The molecule has 3 aromatic heterocycles. The van der Waals surface area contributed by atoms with Gasteiger partial charge in [0.1, 0.15) is 0 Å². The zero-order chi connectivity index (χ0) is 15.1. The van der Waals surface area contributed by atoms with Crippen LogP contribution >= 0.6 is 0 Å². The standard InChI is InChI=1S/C16H15N5O/c1-20-10-13-12(9-15(22)18-16(13)19-20)14-3-2-8-21(14)11-4-6-17-7-5-11/h2-8,10,12H,9H2,1H3,(H,18,19,22). The Morgan fingerprint density at radius 1 is 1.27 bits per heavy atom. The Morgan fingerprint density at radius 2 is 2.09 bits per heavy atom. The van der Waals surface area contributed by atoms with E-state index >= 15 is 0 Å². The molecule has 1 amide bonds. The number of aryl methyl sites for hydroxylation is 1. The van der Waals surface area contributed by atoms with Gasteiger partial charge in [-0.05, 0) is 24.3 Å². The summed E-state index contributed by atoms with van der Waals surface area (Å²) in [6.45, 7) is 0. The molecule has 22 heavy (non-hydrogen) atoms. The second-order valence-electron chi connectivity index (χ2n) is 5.42. The third kappa shape index (κ3) is 2.00. The van der Waals surface area contributed by atoms with Crippen molar-refractivity contribution in [1.29, 1.82) is 0 Å². The molecule has 3 aromatic rings. The number of anilines is 1. The van der Waals surface area contributed by atoms with Crippen molar-refractivity contribution in [3.63, 3.8) is 0 Å². The van der Waals surface area contributed by atoms with E-state index in [1.165, 1.54) is 0 Å². The van der Waals surface area contributed by atoms with Crippen LogP contribution < -0.4 is 5.32 Å². The van der Waals surface area contributed by atoms with Gasteiger partial charge in [-0.15, -0.1) is 0 Å². The number of carbonyl (C=O) groups is 1. The first-order chi connectivity index (χ1) is 10.7. The summed E-state index contributed by atoms with van der Waals surface area (Å²) in [5.41, 5.74) is 3.16. The minimum Gasteiger partial charge on any atom is -0.320 e. The van der Waals surface area contributed by atoms with E-state index in [4.69, 9.17) is 0 Å². The van der Waals surface area contributed by atoms with E-state index in [1.807, 2.05) is 37.6 Å². The number of hydrogen-bond acceptors (Lipinski definition) is 3. The maximum atomic E-state index is 12.0. The summed E-state index contributed by atoms with van der Waals surface area (Å²) in [5, 5.41) is 7.17. The monoisotopic (exact) mass is 293 g/mol. The Bertz CT molecular complexity index is 833. The van der Waals surface area contributed by atoms with E-state index in [0.29, 0.717) is 12.2 Å². The second kappa shape index (κ2) is 4.84. The predicted octanol–water partition coefficient (Wildman–Crippen LogP) is 2.08. The molecule has 0 aromatic carbocycles. The molecule has 1 aliphatic rings. The van der Waals surface area contributed by atoms with Crippen molar-refractivity contribution in [3.05, 3.63) is 60.3 Å². The lowest BCUT2D eigenvalue weighted by Gasteiger charge is -2.23. The highest BCUT2D eigenvalue weighted by Crippen LogP contribution is 2.37. The van der Waals surface area contributed by atoms with E-state index in [2.05, 4.69) is 26.0 Å². The zero-order valence-corrected chi connectivity index (χ0v) is 12.1. The van der Waals surface area contributed by atoms with Gasteiger partial charge in [0, 0.05) is 61.1 Å². The fourth-order valence-electron chi connectivity index (χ4n) is 3.02. The van der Waals surface area contributed by atoms with Crippen molar-refractivity contribution in [2.45, 2.75) is 12.3 Å². The van der Waals surface area contributed by atoms with Crippen LogP contribution in [0.3, 0.4) is 0 Å². The molecule has 0 fully saturated rings. The molecule has 0 aliphatic carbocycles. The fourth-order valence-corrected chi connectivity index (χ4v) is 3.02. The first kappa shape index (κ1) is 12.8. The first-order valence-corrected chi connectivity index (χ1v) is 7.13. The smallest absolute Gasteiger partial charge is 0.226 e. The third-order valence-electron chi connectivity index (χ3n) is 3.96. The zero-order valence-electron chi connectivity index (χ0n) is 12.1. The van der Waals surface area contributed by atoms with Crippen LogP contribution in [0.15, 0.2) is 49.1 Å². The fraction of sp³-hybridized carbons (Fsp3) is 0.188. The number of nitrogens with one attached hydrogen (secondary N) is 1. The molecule has 0 saturated heterocycles. The first-order valence-electron chi connectivity index (χ1n) is 7.13. The SMILES string of the molecule is Cn1cc2c(n1)NC(=O)CC2c1cccn1-c1ccncc1. The number of carbonyl (C=O) groups excluding carboxylic acids is 1. The minimum atomic E-state index is -0.00122. The van der Waals surface area contributed by atoms with E-state index in [0.717, 1.165) is 16.9 Å². The van der Waals surface area contributed by atoms with Crippen LogP contribution in [0, 0.1) is 0 Å². The van der Waals surface area contributed by atoms with Gasteiger partial charge < -0.3 is 9.88 Å². The highest BCUT2D eigenvalue weighted by Gasteiger charge is 2.30. The van der Waals surface area contributed by atoms with Crippen LogP contribution in [0.25, 0.3) is 5.69 Å². The van der Waals surface area contributed by atoms with Crippen molar-refractivity contribution in [2.75, 3.05) is 5.32 Å². The Balaban J connectivity index is 1.84. The van der Waals surface area contributed by atoms with E-state index < -0.39 is 0 Å². The highest BCUT2D eigenvalue weighted by atomic mass is 16.1. The van der Waals surface area contributed by atoms with Crippen molar-refractivity contribution < 1.29 is 4.79 Å². The Kier molecular flexibility index (Phi) is 2.82. The van der Waals surface area contributed by atoms with Gasteiger partial charge in [0.25, 0.3) is 0 Å². The lowest BCUT2D eigenvalue weighted by molar-refractivity contribution is -0.116. The van der Waals surface area contributed by atoms with Gasteiger partial charge in [0.05, 0.1) is 0 Å². The normalized spacial score (nSPS) is 17.1. The number of amides is 1. The van der Waals surface area contributed by atoms with E-state index in [-0.39, 0.29) is 11.8 Å². The highest BCUT2D eigenvalue weighted by molar-refractivity contribution is 5.94. The van der Waals surface area contributed by atoms with Crippen LogP contribution in [-0.2, 0) is 11.8 Å². The molecule has 0 radical (unpaired) electrons. The summed E-state index contributed by atoms with van der Waals surface area (Å²) < 4.78 is 3.84. The molecule has 6 heteroatoms. The molecule has 4 rings (SSSR count). The number of aromatic nitrogens is 4. The minimum absolute atomic E-state index is 0.000570. The largest absolute Gasteiger partial charge is 0.320 e. The molecule has 4 heterocycles. The van der Waals surface area contributed by atoms with Gasteiger partial charge in [0.15, 0.2) is 5.82 Å². The molecule has 1 atom stereocenters. The average molecular weight is 293 g/mol. The quantitative estimate of drug-likeness (QED) is 0.786. The van der Waals surface area contributed by atoms with Crippen molar-refractivity contribution in [2.24, 2.45) is 7.05 Å². The number of nitrogens with zero attached hydrogens (tertiary/aromatic N) is 4. The molecule has 6 nitrogen and oxygen atoms in total. The van der Waals surface area contributed by atoms with Crippen molar-refractivity contribution >= 4 is 11.7 Å². The summed E-state index contributed by atoms with van der Waals surface area (Å²) >= 11 is 0. The molecule has 0 bridgehead atoms. The maximum Gasteiger partial charge on any atom is 0.226 e. The van der Waals surface area contributed by atoms with Gasteiger partial charge >= 0.3 is 0 Å². The van der Waals surface area contributed by atoms with Gasteiger partial charge in [-0.2, -0.15) is 5.10 Å². The van der Waals surface area contributed by atoms with Gasteiger partial charge in [-0.3, -0.25) is 14.5 Å². The summed E-state index contributed by atoms with van der Waals surface area (Å²) in [7, 11) is 1.86. The Hall–Kier alpha value is -2.89. The summed E-state index contributed by atoms with van der Waals surface area (Å²) in [6, 6.07) is 7.96. The molecule has 1 N–H and O–H groups in total. The van der Waals surface area contributed by atoms with Gasteiger partial charge in [0.2, 0.25) is 5.91 Å². The van der Waals surface area contributed by atoms with E-state index in [9.17, 15) is 4.79 Å². The van der Waals surface area contributed by atoms with E-state index in [1.54, 1.807) is 17.1 Å². The topological polar surface area (TPSA) is 64.7 Å². The predicted molar refractivity (Wildman–Crippen MR) is 81.9 cm³/mol. The number of rotatable bonds is 2. The number of pyridine rings is 1. The summed E-state index contributed by atoms with van der Waals surface area (Å²) in [5.74, 6) is 0.658. The van der Waals surface area contributed by atoms with Crippen LogP contribution in [0.4, 0.5) is 5.82 Å². The third-order valence-corrected chi connectivity index (χ3v) is 3.96. The second-order valence-corrected chi connectivity index (χ2v) is 5.42. The molecular weight excluding hydrogens is 278 g/mol. The Morgan fingerprint density at radius 3 is 2.91 bits per heavy atom. The maximum absolute atomic E-state index is 12.0. The summed E-state index contributed by atoms with van der Waals surface area (Å²) in [4.78, 5) is 16.1. The molecule has 0 saturated carbocycles. The molecule has 1 unspecified atom stereocenters. The number of fused-ring (bicyclic) bond motifs is 1. The average Bonchev–Trinajstić information content (AvgIpc) is 3.13. The van der Waals surface area contributed by atoms with Gasteiger partial charge in [-0.1, -0.05) is 0 Å². The van der Waals surface area contributed by atoms with Crippen LogP contribution in [-0.4, -0.2) is 25.2 Å². The lowest BCUT2D eigenvalue weighted by Crippen LogP contribution is -2.24. The Labute approximate surface area is 127 Å². The molecule has 1 aliphatic heterocycles. The van der Waals surface area contributed by atoms with Crippen LogP contribution in [0.2, 0.25) is 0 Å². The van der Waals surface area contributed by atoms with Crippen molar-refractivity contribution in [3.8, 4) is 5.69 Å². The van der Waals surface area contributed by atoms with Crippen LogP contribution in [0.5, 0.6) is 0 Å². The summed E-state index contributed by atoms with van der Waals surface area (Å²) in [6.07, 6.45) is 7.94. The van der Waals surface area contributed by atoms with Crippen molar-refractivity contribution in [1.82, 2.24) is 19.3 Å². The molecule has 0 spiro atoms. The van der Waals surface area contributed by atoms with Gasteiger partial charge in [-0.25, -0.2) is 0 Å². The lowest BCUT2D eigenvalue weighted by atomic mass is 9.91. The molecular formula is C16H15N5O.